The summed E-state index contributed by atoms with van der Waals surface area (Å²) in [5.41, 5.74) is 12.0. The number of fused-ring (bicyclic) bond motifs is 1. The fourth-order valence-corrected chi connectivity index (χ4v) is 3.78. The molecular formula is C26H25N3O4. The van der Waals surface area contributed by atoms with E-state index < -0.39 is 5.91 Å². The average Bonchev–Trinajstić information content (AvgIpc) is 3.13. The summed E-state index contributed by atoms with van der Waals surface area (Å²) in [6.07, 6.45) is 1.74. The molecule has 1 heterocycles. The predicted octanol–water partition coefficient (Wildman–Crippen LogP) is 3.95. The number of carbonyl (C=O) groups is 2. The van der Waals surface area contributed by atoms with E-state index in [0.29, 0.717) is 11.3 Å². The van der Waals surface area contributed by atoms with Crippen LogP contribution in [0.25, 0.3) is 16.7 Å². The zero-order valence-electron chi connectivity index (χ0n) is 18.7. The number of hydrogen-bond donors (Lipinski definition) is 4. The second-order valence-electron chi connectivity index (χ2n) is 7.82. The van der Waals surface area contributed by atoms with Crippen molar-refractivity contribution in [1.82, 2.24) is 10.9 Å². The van der Waals surface area contributed by atoms with Gasteiger partial charge in [0.25, 0.3) is 11.8 Å². The second kappa shape index (κ2) is 9.18. The largest absolute Gasteiger partial charge is 0.507 e. The van der Waals surface area contributed by atoms with Gasteiger partial charge >= 0.3 is 0 Å². The van der Waals surface area contributed by atoms with E-state index in [4.69, 9.17) is 4.74 Å². The molecule has 1 aliphatic heterocycles. The van der Waals surface area contributed by atoms with Gasteiger partial charge in [0.05, 0.1) is 12.7 Å². The van der Waals surface area contributed by atoms with Crippen LogP contribution in [-0.4, -0.2) is 30.6 Å². The quantitative estimate of drug-likeness (QED) is 0.263. The molecule has 0 unspecified atom stereocenters. The van der Waals surface area contributed by atoms with E-state index in [1.807, 2.05) is 18.2 Å². The molecule has 3 aromatic rings. The molecule has 0 spiro atoms. The third kappa shape index (κ3) is 4.44. The minimum Gasteiger partial charge on any atom is -0.507 e. The first kappa shape index (κ1) is 22.1. The van der Waals surface area contributed by atoms with Crippen LogP contribution in [0.1, 0.15) is 27.0 Å². The molecule has 4 rings (SSSR count). The maximum atomic E-state index is 12.7. The van der Waals surface area contributed by atoms with Crippen LogP contribution in [0, 0.1) is 13.8 Å². The zero-order valence-corrected chi connectivity index (χ0v) is 18.7. The SMILES string of the molecule is COc1ccc(C(=O)NNCC=C2C(=O)Nc3cccc(-c4ccc(C)c(C)c4)c32)c(O)c1. The molecule has 7 nitrogen and oxygen atoms in total. The maximum Gasteiger partial charge on any atom is 0.269 e. The van der Waals surface area contributed by atoms with Crippen molar-refractivity contribution in [3.05, 3.63) is 82.9 Å². The lowest BCUT2D eigenvalue weighted by Crippen LogP contribution is -2.37. The van der Waals surface area contributed by atoms with Crippen LogP contribution in [0.3, 0.4) is 0 Å². The number of amides is 2. The number of nitrogens with one attached hydrogen (secondary N) is 3. The van der Waals surface area contributed by atoms with E-state index in [1.165, 1.54) is 30.4 Å². The van der Waals surface area contributed by atoms with Gasteiger partial charge in [0, 0.05) is 29.4 Å². The second-order valence-corrected chi connectivity index (χ2v) is 7.82. The van der Waals surface area contributed by atoms with Crippen molar-refractivity contribution in [2.75, 3.05) is 19.0 Å². The number of carbonyl (C=O) groups excluding carboxylic acids is 2. The highest BCUT2D eigenvalue weighted by molar-refractivity contribution is 6.33. The summed E-state index contributed by atoms with van der Waals surface area (Å²) in [5, 5.41) is 12.9. The van der Waals surface area contributed by atoms with Crippen LogP contribution in [0.2, 0.25) is 0 Å². The van der Waals surface area contributed by atoms with Gasteiger partial charge in [-0.25, -0.2) is 5.43 Å². The number of benzene rings is 3. The number of ether oxygens (including phenoxy) is 1. The summed E-state index contributed by atoms with van der Waals surface area (Å²) >= 11 is 0. The Balaban J connectivity index is 1.52. The van der Waals surface area contributed by atoms with E-state index in [0.717, 1.165) is 22.4 Å². The molecule has 4 N–H and O–H groups in total. The minimum absolute atomic E-state index is 0.108. The van der Waals surface area contributed by atoms with Crippen molar-refractivity contribution >= 4 is 23.1 Å². The Labute approximate surface area is 192 Å². The summed E-state index contributed by atoms with van der Waals surface area (Å²) in [7, 11) is 1.48. The third-order valence-electron chi connectivity index (χ3n) is 5.70. The van der Waals surface area contributed by atoms with Gasteiger partial charge in [0.1, 0.15) is 11.5 Å². The number of phenols is 1. The van der Waals surface area contributed by atoms with E-state index in [9.17, 15) is 14.7 Å². The molecule has 0 aromatic heterocycles. The normalized spacial score (nSPS) is 13.5. The Morgan fingerprint density at radius 3 is 2.64 bits per heavy atom. The maximum absolute atomic E-state index is 12.7. The van der Waals surface area contributed by atoms with Crippen LogP contribution in [0.5, 0.6) is 11.5 Å². The molecule has 3 aromatic carbocycles. The predicted molar refractivity (Wildman–Crippen MR) is 128 cm³/mol. The summed E-state index contributed by atoms with van der Waals surface area (Å²) in [5.74, 6) is -0.427. The Morgan fingerprint density at radius 2 is 1.91 bits per heavy atom. The molecule has 7 heteroatoms. The molecule has 2 amide bonds. The van der Waals surface area contributed by atoms with Crippen molar-refractivity contribution in [3.63, 3.8) is 0 Å². The number of aromatic hydroxyl groups is 1. The Hall–Kier alpha value is -4.10. The van der Waals surface area contributed by atoms with E-state index in [2.05, 4.69) is 48.2 Å². The van der Waals surface area contributed by atoms with Crippen molar-refractivity contribution < 1.29 is 19.4 Å². The van der Waals surface area contributed by atoms with Crippen molar-refractivity contribution in [2.45, 2.75) is 13.8 Å². The fourth-order valence-electron chi connectivity index (χ4n) is 3.78. The van der Waals surface area contributed by atoms with Crippen LogP contribution in [0.4, 0.5) is 5.69 Å². The molecule has 1 aliphatic rings. The van der Waals surface area contributed by atoms with Crippen LogP contribution in [-0.2, 0) is 4.79 Å². The Bertz CT molecular complexity index is 1280. The van der Waals surface area contributed by atoms with E-state index in [-0.39, 0.29) is 23.8 Å². The van der Waals surface area contributed by atoms with Gasteiger partial charge in [-0.1, -0.05) is 36.4 Å². The minimum atomic E-state index is -0.499. The van der Waals surface area contributed by atoms with Crippen LogP contribution in [0.15, 0.2) is 60.7 Å². The van der Waals surface area contributed by atoms with Gasteiger partial charge in [-0.2, -0.15) is 0 Å². The first-order valence-electron chi connectivity index (χ1n) is 10.5. The Morgan fingerprint density at radius 1 is 1.09 bits per heavy atom. The molecule has 0 bridgehead atoms. The summed E-state index contributed by atoms with van der Waals surface area (Å²) < 4.78 is 5.02. The smallest absolute Gasteiger partial charge is 0.269 e. The molecule has 0 fully saturated rings. The summed E-state index contributed by atoms with van der Waals surface area (Å²) in [4.78, 5) is 25.0. The van der Waals surface area contributed by atoms with Gasteiger partial charge in [-0.15, -0.1) is 0 Å². The Kier molecular flexibility index (Phi) is 6.15. The number of aryl methyl sites for hydroxylation is 2. The van der Waals surface area contributed by atoms with Gasteiger partial charge < -0.3 is 15.2 Å². The molecule has 0 aliphatic carbocycles. The first-order chi connectivity index (χ1) is 15.9. The molecule has 0 saturated carbocycles. The number of anilines is 1. The van der Waals surface area contributed by atoms with Crippen molar-refractivity contribution in [2.24, 2.45) is 0 Å². The molecule has 168 valence electrons. The third-order valence-corrected chi connectivity index (χ3v) is 5.70. The lowest BCUT2D eigenvalue weighted by atomic mass is 9.93. The summed E-state index contributed by atoms with van der Waals surface area (Å²) in [6, 6.07) is 16.5. The van der Waals surface area contributed by atoms with Gasteiger partial charge in [0.15, 0.2) is 0 Å². The number of rotatable bonds is 6. The molecule has 0 atom stereocenters. The number of hydrogen-bond acceptors (Lipinski definition) is 5. The molecule has 33 heavy (non-hydrogen) atoms. The number of methoxy groups -OCH3 is 1. The highest BCUT2D eigenvalue weighted by Gasteiger charge is 2.27. The first-order valence-corrected chi connectivity index (χ1v) is 10.5. The summed E-state index contributed by atoms with van der Waals surface area (Å²) in [6.45, 7) is 4.35. The topological polar surface area (TPSA) is 99.7 Å². The van der Waals surface area contributed by atoms with Gasteiger partial charge in [-0.05, 0) is 54.3 Å². The average molecular weight is 444 g/mol. The highest BCUT2D eigenvalue weighted by Crippen LogP contribution is 2.39. The number of phenolic OH excluding ortho intramolecular Hbond substituents is 1. The fraction of sp³-hybridized carbons (Fsp3) is 0.154. The van der Waals surface area contributed by atoms with Crippen molar-refractivity contribution in [3.8, 4) is 22.6 Å². The lowest BCUT2D eigenvalue weighted by Gasteiger charge is -2.11. The van der Waals surface area contributed by atoms with E-state index >= 15 is 0 Å². The number of hydrazine groups is 1. The highest BCUT2D eigenvalue weighted by atomic mass is 16.5. The zero-order chi connectivity index (χ0) is 23.5. The van der Waals surface area contributed by atoms with Gasteiger partial charge in [-0.3, -0.25) is 15.0 Å². The molecule has 0 saturated heterocycles. The molecular weight excluding hydrogens is 418 g/mol. The standard InChI is InChI=1S/C26H25N3O4/c1-15-7-8-17(13-16(15)2)19-5-4-6-22-24(19)21(25(31)28-22)11-12-27-29-26(32)20-10-9-18(33-3)14-23(20)30/h4-11,13-14,27,30H,12H2,1-3H3,(H,28,31)(H,29,32). The van der Waals surface area contributed by atoms with Crippen LogP contribution < -0.4 is 20.9 Å². The monoisotopic (exact) mass is 443 g/mol. The van der Waals surface area contributed by atoms with Crippen LogP contribution >= 0.6 is 0 Å². The van der Waals surface area contributed by atoms with Gasteiger partial charge in [0.2, 0.25) is 0 Å². The molecule has 0 radical (unpaired) electrons. The lowest BCUT2D eigenvalue weighted by molar-refractivity contribution is -0.110. The van der Waals surface area contributed by atoms with E-state index in [1.54, 1.807) is 12.1 Å². The van der Waals surface area contributed by atoms with Crippen molar-refractivity contribution in [1.29, 1.82) is 0 Å².